The van der Waals surface area contributed by atoms with Gasteiger partial charge in [0, 0.05) is 42.7 Å². The third-order valence-electron chi connectivity index (χ3n) is 6.91. The van der Waals surface area contributed by atoms with Crippen molar-refractivity contribution in [2.75, 3.05) is 20.1 Å². The van der Waals surface area contributed by atoms with Gasteiger partial charge in [-0.05, 0) is 68.4 Å². The Kier molecular flexibility index (Phi) is 11.3. The van der Waals surface area contributed by atoms with Crippen LogP contribution < -0.4 is 5.32 Å². The number of carboxylic acids is 1. The number of nitrogens with zero attached hydrogens (tertiary/aromatic N) is 1. The number of hydrogen-bond acceptors (Lipinski definition) is 5. The van der Waals surface area contributed by atoms with Gasteiger partial charge in [-0.15, -0.1) is 0 Å². The van der Waals surface area contributed by atoms with E-state index in [9.17, 15) is 18.3 Å². The lowest BCUT2D eigenvalue weighted by Gasteiger charge is -2.29. The van der Waals surface area contributed by atoms with Crippen molar-refractivity contribution < 1.29 is 23.4 Å². The molecule has 3 N–H and O–H groups in total. The van der Waals surface area contributed by atoms with Crippen LogP contribution in [0.1, 0.15) is 44.2 Å². The molecule has 9 heteroatoms. The molecule has 0 saturated carbocycles. The number of carbonyl (C=O) groups is 1. The summed E-state index contributed by atoms with van der Waals surface area (Å²) in [5.74, 6) is -0.870. The smallest absolute Gasteiger partial charge is 0.303 e. The van der Waals surface area contributed by atoms with E-state index >= 15 is 0 Å². The van der Waals surface area contributed by atoms with E-state index in [2.05, 4.69) is 31.3 Å². The number of aliphatic hydroxyl groups excluding tert-OH is 1. The van der Waals surface area contributed by atoms with Gasteiger partial charge in [0.05, 0.1) is 11.0 Å². The maximum atomic E-state index is 13.2. The first-order chi connectivity index (χ1) is 18.9. The number of hydrogen-bond donors (Lipinski definition) is 3. The van der Waals surface area contributed by atoms with Crippen LogP contribution in [-0.4, -0.2) is 60.7 Å². The Bertz CT molecular complexity index is 1380. The molecule has 1 unspecified atom stereocenters. The summed E-state index contributed by atoms with van der Waals surface area (Å²) in [6.07, 6.45) is 2.41. The van der Waals surface area contributed by atoms with Crippen LogP contribution in [0.4, 0.5) is 0 Å². The molecule has 0 amide bonds. The first-order valence-electron chi connectivity index (χ1n) is 13.4. The number of halogens is 1. The normalized spacial score (nSPS) is 12.9. The number of carboxylic acid groups (broad SMARTS) is 1. The minimum atomic E-state index is -3.88. The molecule has 1 atom stereocenters. The zero-order valence-electron chi connectivity index (χ0n) is 23.3. The number of benzene rings is 3. The van der Waals surface area contributed by atoms with Crippen LogP contribution in [0.25, 0.3) is 11.1 Å². The first-order valence-corrected chi connectivity index (χ1v) is 15.2. The van der Waals surface area contributed by atoms with E-state index in [4.69, 9.17) is 16.7 Å². The molecule has 3 aromatic rings. The fourth-order valence-electron chi connectivity index (χ4n) is 4.54. The number of sulfonamides is 1. The Morgan fingerprint density at radius 3 is 2.38 bits per heavy atom. The maximum absolute atomic E-state index is 13.2. The highest BCUT2D eigenvalue weighted by molar-refractivity contribution is 7.89. The van der Waals surface area contributed by atoms with Crippen molar-refractivity contribution in [2.24, 2.45) is 0 Å². The summed E-state index contributed by atoms with van der Waals surface area (Å²) in [5.41, 5.74) is 3.37. The van der Waals surface area contributed by atoms with Crippen LogP contribution in [0, 0.1) is 0 Å². The van der Waals surface area contributed by atoms with Gasteiger partial charge in [0.1, 0.15) is 0 Å². The third kappa shape index (κ3) is 9.42. The SMILES string of the molecule is CN(CC(O)CNC(C)(C)CCCc1ccccc1)S(=O)(=O)c1ccc(-c2cccc(CCC(=O)O)c2)c(Cl)c1. The maximum Gasteiger partial charge on any atom is 0.303 e. The Balaban J connectivity index is 1.57. The van der Waals surface area contributed by atoms with Crippen LogP contribution in [-0.2, 0) is 27.7 Å². The fraction of sp³-hybridized carbons (Fsp3) is 0.387. The van der Waals surface area contributed by atoms with Gasteiger partial charge in [0.2, 0.25) is 10.0 Å². The van der Waals surface area contributed by atoms with E-state index in [0.717, 1.165) is 34.7 Å². The minimum absolute atomic E-state index is 0.0217. The second kappa shape index (κ2) is 14.2. The summed E-state index contributed by atoms with van der Waals surface area (Å²) in [5, 5.41) is 23.2. The second-order valence-corrected chi connectivity index (χ2v) is 13.2. The first kappa shape index (κ1) is 31.8. The molecule has 0 fully saturated rings. The summed E-state index contributed by atoms with van der Waals surface area (Å²) in [6, 6.07) is 22.2. The topological polar surface area (TPSA) is 107 Å². The van der Waals surface area contributed by atoms with E-state index < -0.39 is 22.1 Å². The Morgan fingerprint density at radius 1 is 1.00 bits per heavy atom. The number of aliphatic hydroxyl groups is 1. The van der Waals surface area contributed by atoms with Gasteiger partial charge < -0.3 is 15.5 Å². The summed E-state index contributed by atoms with van der Waals surface area (Å²) in [6.45, 7) is 4.35. The average molecular weight is 587 g/mol. The van der Waals surface area contributed by atoms with Gasteiger partial charge >= 0.3 is 5.97 Å². The van der Waals surface area contributed by atoms with Crippen LogP contribution in [0.3, 0.4) is 0 Å². The molecule has 0 bridgehead atoms. The number of likely N-dealkylation sites (N-methyl/N-ethyl adjacent to an activating group) is 1. The average Bonchev–Trinajstić information content (AvgIpc) is 2.91. The molecule has 0 aliphatic carbocycles. The van der Waals surface area contributed by atoms with E-state index in [1.807, 2.05) is 42.5 Å². The lowest BCUT2D eigenvalue weighted by Crippen LogP contribution is -2.46. The molecular weight excluding hydrogens is 548 g/mol. The monoisotopic (exact) mass is 586 g/mol. The van der Waals surface area contributed by atoms with Gasteiger partial charge in [0.15, 0.2) is 0 Å². The van der Waals surface area contributed by atoms with Gasteiger partial charge in [-0.25, -0.2) is 8.42 Å². The Hall–Kier alpha value is -2.75. The molecule has 0 saturated heterocycles. The fourth-order valence-corrected chi connectivity index (χ4v) is 6.13. The van der Waals surface area contributed by atoms with Gasteiger partial charge in [-0.1, -0.05) is 72.3 Å². The zero-order chi connectivity index (χ0) is 29.3. The highest BCUT2D eigenvalue weighted by Gasteiger charge is 2.25. The summed E-state index contributed by atoms with van der Waals surface area (Å²) in [4.78, 5) is 10.9. The molecule has 0 aliphatic heterocycles. The lowest BCUT2D eigenvalue weighted by atomic mass is 9.95. The molecule has 40 heavy (non-hydrogen) atoms. The molecule has 0 spiro atoms. The van der Waals surface area contributed by atoms with E-state index in [1.54, 1.807) is 6.07 Å². The predicted molar refractivity (Wildman–Crippen MR) is 160 cm³/mol. The molecular formula is C31H39ClN2O5S. The van der Waals surface area contributed by atoms with Crippen LogP contribution in [0.15, 0.2) is 77.7 Å². The van der Waals surface area contributed by atoms with Crippen molar-refractivity contribution in [1.82, 2.24) is 9.62 Å². The number of rotatable bonds is 15. The summed E-state index contributed by atoms with van der Waals surface area (Å²) in [7, 11) is -2.44. The zero-order valence-corrected chi connectivity index (χ0v) is 24.9. The molecule has 216 valence electrons. The number of nitrogens with one attached hydrogen (secondary N) is 1. The van der Waals surface area contributed by atoms with Crippen molar-refractivity contribution in [3.63, 3.8) is 0 Å². The van der Waals surface area contributed by atoms with Gasteiger partial charge in [0.25, 0.3) is 0 Å². The molecule has 7 nitrogen and oxygen atoms in total. The van der Waals surface area contributed by atoms with E-state index in [0.29, 0.717) is 12.0 Å². The third-order valence-corrected chi connectivity index (χ3v) is 9.04. The molecule has 0 radical (unpaired) electrons. The Labute approximate surface area is 242 Å². The summed E-state index contributed by atoms with van der Waals surface area (Å²) < 4.78 is 27.6. The highest BCUT2D eigenvalue weighted by atomic mass is 35.5. The Morgan fingerprint density at radius 2 is 1.70 bits per heavy atom. The number of aliphatic carboxylic acids is 1. The minimum Gasteiger partial charge on any atom is -0.481 e. The largest absolute Gasteiger partial charge is 0.481 e. The van der Waals surface area contributed by atoms with Crippen molar-refractivity contribution in [1.29, 1.82) is 0 Å². The molecule has 3 rings (SSSR count). The van der Waals surface area contributed by atoms with Crippen molar-refractivity contribution >= 4 is 27.6 Å². The van der Waals surface area contributed by atoms with Gasteiger partial charge in [-0.3, -0.25) is 4.79 Å². The van der Waals surface area contributed by atoms with Crippen molar-refractivity contribution in [3.8, 4) is 11.1 Å². The van der Waals surface area contributed by atoms with Crippen LogP contribution in [0.5, 0.6) is 0 Å². The van der Waals surface area contributed by atoms with E-state index in [-0.39, 0.29) is 35.0 Å². The van der Waals surface area contributed by atoms with Crippen molar-refractivity contribution in [2.45, 2.75) is 62.5 Å². The standard InChI is InChI=1S/C31H39ClN2O5S/c1-31(2,18-8-12-23-9-5-4-6-10-23)33-21-26(35)22-34(3)40(38,39)27-15-16-28(29(32)20-27)25-13-7-11-24(19-25)14-17-30(36)37/h4-7,9-11,13,15-16,19-20,26,33,35H,8,12,14,17-18,21-22H2,1-3H3,(H,36,37). The molecule has 0 heterocycles. The number of aryl methyl sites for hydroxylation is 2. The molecule has 0 aromatic heterocycles. The number of β-amino-alcohol motifs (C(OH)–C–C–N with tert-alkyl or cyclic N) is 1. The predicted octanol–water partition coefficient (Wildman–Crippen LogP) is 5.40. The molecule has 3 aromatic carbocycles. The molecule has 0 aliphatic rings. The van der Waals surface area contributed by atoms with E-state index in [1.165, 1.54) is 24.7 Å². The summed E-state index contributed by atoms with van der Waals surface area (Å²) >= 11 is 6.50. The van der Waals surface area contributed by atoms with Gasteiger partial charge in [-0.2, -0.15) is 4.31 Å². The lowest BCUT2D eigenvalue weighted by molar-refractivity contribution is -0.136. The van der Waals surface area contributed by atoms with Crippen LogP contribution in [0.2, 0.25) is 5.02 Å². The quantitative estimate of drug-likeness (QED) is 0.220. The second-order valence-electron chi connectivity index (χ2n) is 10.8. The highest BCUT2D eigenvalue weighted by Crippen LogP contribution is 2.31. The van der Waals surface area contributed by atoms with Crippen molar-refractivity contribution in [3.05, 3.63) is 88.9 Å². The van der Waals surface area contributed by atoms with Crippen LogP contribution >= 0.6 is 11.6 Å².